The van der Waals surface area contributed by atoms with Gasteiger partial charge in [-0.05, 0) is 113 Å². The van der Waals surface area contributed by atoms with Gasteiger partial charge in [-0.3, -0.25) is 9.69 Å². The summed E-state index contributed by atoms with van der Waals surface area (Å²) >= 11 is 0. The smallest absolute Gasteiger partial charge is 0.322 e. The van der Waals surface area contributed by atoms with Gasteiger partial charge in [0.25, 0.3) is 0 Å². The minimum Gasteiger partial charge on any atom is -0.335 e. The maximum Gasteiger partial charge on any atom is 0.322 e. The van der Waals surface area contributed by atoms with Gasteiger partial charge in [0.15, 0.2) is 5.78 Å². The Balaban J connectivity index is 0.999. The summed E-state index contributed by atoms with van der Waals surface area (Å²) in [5.74, 6) is 0.625. The SMILES string of the molecule is O=C(c1ccc(F)cc1)C1CCN(CC[C@H]2CC[C@H](NC(=O)N3CCc4ccccc43)CC2)CC1. The van der Waals surface area contributed by atoms with Gasteiger partial charge in [0, 0.05) is 29.8 Å². The summed E-state index contributed by atoms with van der Waals surface area (Å²) in [6.07, 6.45) is 8.34. The van der Waals surface area contributed by atoms with E-state index in [1.807, 2.05) is 23.1 Å². The van der Waals surface area contributed by atoms with Crippen molar-refractivity contribution in [2.75, 3.05) is 31.1 Å². The zero-order valence-electron chi connectivity index (χ0n) is 20.4. The topological polar surface area (TPSA) is 52.7 Å². The number of nitrogens with zero attached hydrogens (tertiary/aromatic N) is 2. The maximum atomic E-state index is 13.1. The molecule has 0 radical (unpaired) electrons. The number of hydrogen-bond donors (Lipinski definition) is 1. The lowest BCUT2D eigenvalue weighted by Crippen LogP contribution is -2.45. The number of benzene rings is 2. The van der Waals surface area contributed by atoms with E-state index in [4.69, 9.17) is 0 Å². The van der Waals surface area contributed by atoms with Crippen LogP contribution in [0.2, 0.25) is 0 Å². The van der Waals surface area contributed by atoms with Crippen molar-refractivity contribution in [1.29, 1.82) is 0 Å². The zero-order valence-corrected chi connectivity index (χ0v) is 20.4. The number of hydrogen-bond acceptors (Lipinski definition) is 3. The van der Waals surface area contributed by atoms with Crippen LogP contribution in [-0.2, 0) is 6.42 Å². The molecular weight excluding hydrogens is 441 g/mol. The molecule has 2 fully saturated rings. The molecule has 3 aliphatic rings. The van der Waals surface area contributed by atoms with Crippen LogP contribution in [-0.4, -0.2) is 48.9 Å². The average Bonchev–Trinajstić information content (AvgIpc) is 3.33. The van der Waals surface area contributed by atoms with Gasteiger partial charge in [-0.2, -0.15) is 0 Å². The van der Waals surface area contributed by atoms with Crippen molar-refractivity contribution in [3.63, 3.8) is 0 Å². The molecule has 2 aromatic carbocycles. The first-order chi connectivity index (χ1) is 17.1. The van der Waals surface area contributed by atoms with Crippen LogP contribution in [0, 0.1) is 17.7 Å². The van der Waals surface area contributed by atoms with Crippen LogP contribution in [0.1, 0.15) is 60.9 Å². The Hall–Kier alpha value is -2.73. The lowest BCUT2D eigenvalue weighted by molar-refractivity contribution is 0.0832. The lowest BCUT2D eigenvalue weighted by atomic mass is 9.83. The molecule has 5 rings (SSSR count). The highest BCUT2D eigenvalue weighted by Crippen LogP contribution is 2.30. The Morgan fingerprint density at radius 2 is 1.60 bits per heavy atom. The minimum absolute atomic E-state index is 0.0523. The number of para-hydroxylation sites is 1. The van der Waals surface area contributed by atoms with Crippen molar-refractivity contribution >= 4 is 17.5 Å². The van der Waals surface area contributed by atoms with E-state index in [0.717, 1.165) is 64.0 Å². The van der Waals surface area contributed by atoms with E-state index in [1.54, 1.807) is 12.1 Å². The number of nitrogens with one attached hydrogen (secondary N) is 1. The van der Waals surface area contributed by atoms with E-state index in [2.05, 4.69) is 16.3 Å². The van der Waals surface area contributed by atoms with Crippen molar-refractivity contribution < 1.29 is 14.0 Å². The molecule has 35 heavy (non-hydrogen) atoms. The number of anilines is 1. The summed E-state index contributed by atoms with van der Waals surface area (Å²) < 4.78 is 13.1. The number of carbonyl (C=O) groups excluding carboxylic acids is 2. The fourth-order valence-corrected chi connectivity index (χ4v) is 6.03. The van der Waals surface area contributed by atoms with Gasteiger partial charge >= 0.3 is 6.03 Å². The first-order valence-electron chi connectivity index (χ1n) is 13.2. The maximum absolute atomic E-state index is 13.1. The van der Waals surface area contributed by atoms with Crippen LogP contribution in [0.3, 0.4) is 0 Å². The molecule has 0 aromatic heterocycles. The molecule has 2 amide bonds. The molecule has 0 bridgehead atoms. The Morgan fingerprint density at radius 3 is 2.34 bits per heavy atom. The number of halogens is 1. The number of ketones is 1. The monoisotopic (exact) mass is 477 g/mol. The van der Waals surface area contributed by atoms with E-state index >= 15 is 0 Å². The van der Waals surface area contributed by atoms with Crippen molar-refractivity contribution in [2.24, 2.45) is 11.8 Å². The van der Waals surface area contributed by atoms with Gasteiger partial charge in [-0.15, -0.1) is 0 Å². The van der Waals surface area contributed by atoms with Crippen LogP contribution < -0.4 is 10.2 Å². The summed E-state index contributed by atoms with van der Waals surface area (Å²) in [5.41, 5.74) is 2.94. The van der Waals surface area contributed by atoms with E-state index in [0.29, 0.717) is 11.5 Å². The Bertz CT molecular complexity index is 1020. The van der Waals surface area contributed by atoms with Crippen LogP contribution >= 0.6 is 0 Å². The predicted octanol–water partition coefficient (Wildman–Crippen LogP) is 5.44. The highest BCUT2D eigenvalue weighted by Gasteiger charge is 2.29. The number of rotatable bonds is 6. The third kappa shape index (κ3) is 5.75. The van der Waals surface area contributed by atoms with E-state index < -0.39 is 0 Å². The highest BCUT2D eigenvalue weighted by molar-refractivity contribution is 5.98. The second-order valence-electron chi connectivity index (χ2n) is 10.5. The molecule has 1 aliphatic carbocycles. The molecular formula is C29H36FN3O2. The number of amides is 2. The van der Waals surface area contributed by atoms with Crippen molar-refractivity contribution in [3.05, 3.63) is 65.5 Å². The fraction of sp³-hybridized carbons (Fsp3) is 0.517. The van der Waals surface area contributed by atoms with Crippen molar-refractivity contribution in [2.45, 2.75) is 57.4 Å². The molecule has 6 heteroatoms. The quantitative estimate of drug-likeness (QED) is 0.564. The third-order valence-corrected chi connectivity index (χ3v) is 8.25. The molecule has 0 spiro atoms. The standard InChI is InChI=1S/C29H36FN3O2/c30-25-9-7-23(8-10-25)28(34)24-14-18-32(19-15-24)17-13-21-5-11-26(12-6-21)31-29(35)33-20-16-22-3-1-2-4-27(22)33/h1-4,7-10,21,24,26H,5-6,11-20H2,(H,31,35)/t21-,26-. The number of piperidine rings is 1. The molecule has 1 saturated carbocycles. The molecule has 186 valence electrons. The Morgan fingerprint density at radius 1 is 0.886 bits per heavy atom. The summed E-state index contributed by atoms with van der Waals surface area (Å²) in [5, 5.41) is 3.28. The zero-order chi connectivity index (χ0) is 24.2. The van der Waals surface area contributed by atoms with Crippen LogP contribution in [0.15, 0.2) is 48.5 Å². The summed E-state index contributed by atoms with van der Waals surface area (Å²) in [7, 11) is 0. The Kier molecular flexibility index (Phi) is 7.47. The molecule has 2 aliphatic heterocycles. The number of fused-ring (bicyclic) bond motifs is 1. The number of urea groups is 1. The van der Waals surface area contributed by atoms with Crippen molar-refractivity contribution in [1.82, 2.24) is 10.2 Å². The molecule has 1 N–H and O–H groups in total. The van der Waals surface area contributed by atoms with Gasteiger partial charge in [0.2, 0.25) is 0 Å². The van der Waals surface area contributed by atoms with Crippen LogP contribution in [0.25, 0.3) is 0 Å². The predicted molar refractivity (Wildman–Crippen MR) is 136 cm³/mol. The minimum atomic E-state index is -0.301. The summed E-state index contributed by atoms with van der Waals surface area (Å²) in [4.78, 5) is 29.9. The van der Waals surface area contributed by atoms with Gasteiger partial charge < -0.3 is 10.2 Å². The van der Waals surface area contributed by atoms with E-state index in [9.17, 15) is 14.0 Å². The van der Waals surface area contributed by atoms with Gasteiger partial charge in [0.05, 0.1) is 0 Å². The first kappa shape index (κ1) is 24.0. The van der Waals surface area contributed by atoms with Crippen LogP contribution in [0.5, 0.6) is 0 Å². The second kappa shape index (κ2) is 10.9. The molecule has 2 aromatic rings. The average molecular weight is 478 g/mol. The molecule has 5 nitrogen and oxygen atoms in total. The van der Waals surface area contributed by atoms with Crippen LogP contribution in [0.4, 0.5) is 14.9 Å². The molecule has 0 unspecified atom stereocenters. The largest absolute Gasteiger partial charge is 0.335 e. The lowest BCUT2D eigenvalue weighted by Gasteiger charge is -2.34. The number of carbonyl (C=O) groups is 2. The number of likely N-dealkylation sites (tertiary alicyclic amines) is 1. The fourth-order valence-electron chi connectivity index (χ4n) is 6.03. The van der Waals surface area contributed by atoms with Gasteiger partial charge in [0.1, 0.15) is 5.82 Å². The van der Waals surface area contributed by atoms with E-state index in [-0.39, 0.29) is 29.6 Å². The molecule has 0 atom stereocenters. The third-order valence-electron chi connectivity index (χ3n) is 8.25. The summed E-state index contributed by atoms with van der Waals surface area (Å²) in [6.45, 7) is 3.77. The van der Waals surface area contributed by atoms with Crippen molar-refractivity contribution in [3.8, 4) is 0 Å². The normalized spacial score (nSPS) is 23.2. The van der Waals surface area contributed by atoms with Gasteiger partial charge in [-0.25, -0.2) is 9.18 Å². The summed E-state index contributed by atoms with van der Waals surface area (Å²) in [6, 6.07) is 14.5. The molecule has 2 heterocycles. The van der Waals surface area contributed by atoms with E-state index in [1.165, 1.54) is 37.0 Å². The second-order valence-corrected chi connectivity index (χ2v) is 10.5. The molecule has 1 saturated heterocycles. The highest BCUT2D eigenvalue weighted by atomic mass is 19.1. The first-order valence-corrected chi connectivity index (χ1v) is 13.2. The number of Topliss-reactive ketones (excluding diaryl/α,β-unsaturated/α-hetero) is 1. The Labute approximate surface area is 207 Å². The van der Waals surface area contributed by atoms with Gasteiger partial charge in [-0.1, -0.05) is 18.2 Å².